The van der Waals surface area contributed by atoms with Crippen molar-refractivity contribution in [3.63, 3.8) is 0 Å². The summed E-state index contributed by atoms with van der Waals surface area (Å²) in [6.07, 6.45) is 2.77. The van der Waals surface area contributed by atoms with Crippen LogP contribution in [0.25, 0.3) is 0 Å². The van der Waals surface area contributed by atoms with Gasteiger partial charge in [0.25, 0.3) is 0 Å². The summed E-state index contributed by atoms with van der Waals surface area (Å²) in [4.78, 5) is 2.61. The van der Waals surface area contributed by atoms with E-state index in [-0.39, 0.29) is 11.3 Å². The van der Waals surface area contributed by atoms with Crippen molar-refractivity contribution in [1.82, 2.24) is 0 Å². The minimum absolute atomic E-state index is 0.0677. The Morgan fingerprint density at radius 3 is 2.25 bits per heavy atom. The first-order chi connectivity index (χ1) is 9.40. The highest BCUT2D eigenvalue weighted by molar-refractivity contribution is 7.91. The molecule has 0 unspecified atom stereocenters. The van der Waals surface area contributed by atoms with Gasteiger partial charge in [0.15, 0.2) is 9.84 Å². The van der Waals surface area contributed by atoms with Crippen LogP contribution in [0.4, 0.5) is 5.69 Å². The largest absolute Gasteiger partial charge is 0.368 e. The first-order valence-electron chi connectivity index (χ1n) is 7.27. The van der Waals surface area contributed by atoms with E-state index in [1.807, 2.05) is 19.1 Å². The predicted octanol–water partition coefficient (Wildman–Crippen LogP) is 2.19. The van der Waals surface area contributed by atoms with Crippen LogP contribution in [0.5, 0.6) is 0 Å². The Hall–Kier alpha value is -1.07. The summed E-state index contributed by atoms with van der Waals surface area (Å²) in [7, 11) is -3.12. The van der Waals surface area contributed by atoms with E-state index in [0.717, 1.165) is 31.6 Å². The zero-order valence-corrected chi connectivity index (χ0v) is 13.1. The van der Waals surface area contributed by atoms with Crippen LogP contribution in [-0.4, -0.2) is 32.8 Å². The third-order valence-electron chi connectivity index (χ3n) is 3.79. The Bertz CT molecular complexity index is 546. The van der Waals surface area contributed by atoms with E-state index in [4.69, 9.17) is 5.73 Å². The Morgan fingerprint density at radius 2 is 1.75 bits per heavy atom. The average molecular weight is 296 g/mol. The summed E-state index contributed by atoms with van der Waals surface area (Å²) in [5, 5.41) is 0. The Kier molecular flexibility index (Phi) is 4.39. The van der Waals surface area contributed by atoms with Gasteiger partial charge in [0.05, 0.1) is 16.2 Å². The zero-order chi connectivity index (χ0) is 14.8. The second-order valence-electron chi connectivity index (χ2n) is 5.78. The average Bonchev–Trinajstić information content (AvgIpc) is 2.36. The van der Waals surface area contributed by atoms with Crippen LogP contribution in [0.15, 0.2) is 29.2 Å². The minimum Gasteiger partial charge on any atom is -0.368 e. The van der Waals surface area contributed by atoms with E-state index >= 15 is 0 Å². The number of hydrogen-bond donors (Lipinski definition) is 1. The van der Waals surface area contributed by atoms with Crippen LogP contribution in [0, 0.1) is 0 Å². The van der Waals surface area contributed by atoms with Gasteiger partial charge in [0, 0.05) is 18.8 Å². The van der Waals surface area contributed by atoms with E-state index in [1.54, 1.807) is 12.1 Å². The Balaban J connectivity index is 2.04. The molecule has 0 radical (unpaired) electrons. The molecule has 0 aliphatic carbocycles. The molecule has 0 bridgehead atoms. The Morgan fingerprint density at radius 1 is 1.15 bits per heavy atom. The van der Waals surface area contributed by atoms with Crippen LogP contribution in [0.2, 0.25) is 0 Å². The third-order valence-corrected chi connectivity index (χ3v) is 5.73. The molecule has 0 atom stereocenters. The third kappa shape index (κ3) is 3.15. The number of hydrogen-bond acceptors (Lipinski definition) is 4. The van der Waals surface area contributed by atoms with Gasteiger partial charge in [0.1, 0.15) is 0 Å². The number of nitrogens with two attached hydrogens (primary N) is 1. The van der Waals surface area contributed by atoms with Gasteiger partial charge in [-0.1, -0.05) is 20.3 Å². The summed E-state index contributed by atoms with van der Waals surface area (Å²) >= 11 is 0. The van der Waals surface area contributed by atoms with E-state index < -0.39 is 9.84 Å². The molecule has 1 aromatic carbocycles. The zero-order valence-electron chi connectivity index (χ0n) is 12.3. The highest BCUT2D eigenvalue weighted by Crippen LogP contribution is 2.29. The Labute approximate surface area is 121 Å². The smallest absolute Gasteiger partial charge is 0.178 e. The minimum atomic E-state index is -3.12. The lowest BCUT2D eigenvalue weighted by Crippen LogP contribution is -2.67. The number of anilines is 1. The molecule has 0 saturated carbocycles. The molecule has 1 aliphatic heterocycles. The monoisotopic (exact) mass is 296 g/mol. The summed E-state index contributed by atoms with van der Waals surface area (Å²) < 4.78 is 23.9. The number of benzene rings is 1. The van der Waals surface area contributed by atoms with Crippen molar-refractivity contribution in [3.05, 3.63) is 24.3 Å². The molecule has 112 valence electrons. The molecule has 2 N–H and O–H groups in total. The van der Waals surface area contributed by atoms with E-state index in [2.05, 4.69) is 11.8 Å². The summed E-state index contributed by atoms with van der Waals surface area (Å²) in [6.45, 7) is 5.72. The molecule has 5 heteroatoms. The van der Waals surface area contributed by atoms with Crippen molar-refractivity contribution in [2.45, 2.75) is 43.5 Å². The van der Waals surface area contributed by atoms with Crippen LogP contribution >= 0.6 is 0 Å². The number of sulfone groups is 1. The van der Waals surface area contributed by atoms with E-state index in [9.17, 15) is 8.42 Å². The van der Waals surface area contributed by atoms with Gasteiger partial charge < -0.3 is 10.6 Å². The molecule has 1 aliphatic rings. The first kappa shape index (κ1) is 15.3. The fraction of sp³-hybridized carbons (Fsp3) is 0.600. The van der Waals surface area contributed by atoms with Crippen molar-refractivity contribution < 1.29 is 8.42 Å². The normalized spacial score (nSPS) is 17.9. The van der Waals surface area contributed by atoms with E-state index in [0.29, 0.717) is 11.3 Å². The summed E-state index contributed by atoms with van der Waals surface area (Å²) in [6, 6.07) is 7.18. The highest BCUT2D eigenvalue weighted by atomic mass is 32.2. The predicted molar refractivity (Wildman–Crippen MR) is 82.8 cm³/mol. The van der Waals surface area contributed by atoms with Gasteiger partial charge in [-0.2, -0.15) is 0 Å². The van der Waals surface area contributed by atoms with Gasteiger partial charge in [-0.15, -0.1) is 0 Å². The summed E-state index contributed by atoms with van der Waals surface area (Å²) in [5.41, 5.74) is 7.23. The quantitative estimate of drug-likeness (QED) is 0.874. The molecule has 1 fully saturated rings. The van der Waals surface area contributed by atoms with Gasteiger partial charge in [-0.25, -0.2) is 8.42 Å². The molecule has 0 aromatic heterocycles. The molecule has 0 spiro atoms. The van der Waals surface area contributed by atoms with Crippen LogP contribution in [0.3, 0.4) is 0 Å². The van der Waals surface area contributed by atoms with Crippen LogP contribution < -0.4 is 10.6 Å². The lowest BCUT2D eigenvalue weighted by molar-refractivity contribution is 0.308. The maximum absolute atomic E-state index is 12.0. The van der Waals surface area contributed by atoms with Crippen molar-refractivity contribution in [3.8, 4) is 0 Å². The fourth-order valence-corrected chi connectivity index (χ4v) is 4.13. The molecule has 2 rings (SSSR count). The van der Waals surface area contributed by atoms with Crippen LogP contribution in [-0.2, 0) is 9.84 Å². The lowest BCUT2D eigenvalue weighted by atomic mass is 9.86. The maximum atomic E-state index is 12.0. The standard InChI is InChI=1S/C15H24N2O2S/c1-3-9-15(16)11-17(12-15)13-5-7-14(8-6-13)20(18,19)10-4-2/h5-8H,3-4,9-12,16H2,1-2H3. The fourth-order valence-electron chi connectivity index (χ4n) is 2.80. The molecule has 1 heterocycles. The van der Waals surface area contributed by atoms with Gasteiger partial charge >= 0.3 is 0 Å². The number of rotatable bonds is 6. The molecule has 4 nitrogen and oxygen atoms in total. The molecular formula is C15H24N2O2S. The van der Waals surface area contributed by atoms with E-state index in [1.165, 1.54) is 0 Å². The van der Waals surface area contributed by atoms with Gasteiger partial charge in [0.2, 0.25) is 0 Å². The van der Waals surface area contributed by atoms with Crippen molar-refractivity contribution >= 4 is 15.5 Å². The van der Waals surface area contributed by atoms with Crippen molar-refractivity contribution in [2.75, 3.05) is 23.7 Å². The maximum Gasteiger partial charge on any atom is 0.178 e. The van der Waals surface area contributed by atoms with Crippen LogP contribution in [0.1, 0.15) is 33.1 Å². The topological polar surface area (TPSA) is 63.4 Å². The molecule has 0 amide bonds. The molecular weight excluding hydrogens is 272 g/mol. The molecule has 1 saturated heterocycles. The summed E-state index contributed by atoms with van der Waals surface area (Å²) in [5.74, 6) is 0.207. The molecule has 20 heavy (non-hydrogen) atoms. The SMILES string of the molecule is CCCC1(N)CN(c2ccc(S(=O)(=O)CCC)cc2)C1. The second kappa shape index (κ2) is 5.74. The van der Waals surface area contributed by atoms with Crippen molar-refractivity contribution in [1.29, 1.82) is 0 Å². The van der Waals surface area contributed by atoms with Gasteiger partial charge in [-0.3, -0.25) is 0 Å². The molecule has 1 aromatic rings. The first-order valence-corrected chi connectivity index (χ1v) is 8.92. The van der Waals surface area contributed by atoms with Crippen molar-refractivity contribution in [2.24, 2.45) is 5.73 Å². The second-order valence-corrected chi connectivity index (χ2v) is 7.89. The highest BCUT2D eigenvalue weighted by Gasteiger charge is 2.38. The van der Waals surface area contributed by atoms with Gasteiger partial charge in [-0.05, 0) is 37.1 Å². The number of nitrogens with zero attached hydrogens (tertiary/aromatic N) is 1. The lowest BCUT2D eigenvalue weighted by Gasteiger charge is -2.49.